The van der Waals surface area contributed by atoms with Gasteiger partial charge in [-0.2, -0.15) is 0 Å². The Morgan fingerprint density at radius 3 is 2.00 bits per heavy atom. The van der Waals surface area contributed by atoms with Gasteiger partial charge in [0.1, 0.15) is 5.02 Å². The topological polar surface area (TPSA) is 43.1 Å². The van der Waals surface area contributed by atoms with E-state index in [1.807, 2.05) is 0 Å². The SMILES string of the molecule is O=[N+]([O-])c1ccc(-c2cc(Cl)cc(Cl)c2)cc1Cl. The van der Waals surface area contributed by atoms with Gasteiger partial charge in [0.25, 0.3) is 5.69 Å². The van der Waals surface area contributed by atoms with Crippen molar-refractivity contribution >= 4 is 40.5 Å². The lowest BCUT2D eigenvalue weighted by Crippen LogP contribution is -1.89. The molecule has 0 aliphatic rings. The Balaban J connectivity index is 2.52. The van der Waals surface area contributed by atoms with E-state index in [0.29, 0.717) is 10.0 Å². The van der Waals surface area contributed by atoms with Gasteiger partial charge in [-0.25, -0.2) is 0 Å². The highest BCUT2D eigenvalue weighted by Crippen LogP contribution is 2.32. The lowest BCUT2D eigenvalue weighted by Gasteiger charge is -2.04. The Labute approximate surface area is 118 Å². The van der Waals surface area contributed by atoms with Gasteiger partial charge in [-0.1, -0.05) is 34.8 Å². The number of nitro groups is 1. The number of rotatable bonds is 2. The number of hydrogen-bond donors (Lipinski definition) is 0. The molecule has 92 valence electrons. The second kappa shape index (κ2) is 5.14. The smallest absolute Gasteiger partial charge is 0.258 e. The Kier molecular flexibility index (Phi) is 3.76. The zero-order chi connectivity index (χ0) is 13.3. The third kappa shape index (κ3) is 2.75. The van der Waals surface area contributed by atoms with E-state index in [-0.39, 0.29) is 10.7 Å². The fourth-order valence-electron chi connectivity index (χ4n) is 1.56. The summed E-state index contributed by atoms with van der Waals surface area (Å²) in [6.45, 7) is 0. The first-order valence-corrected chi connectivity index (χ1v) is 6.01. The van der Waals surface area contributed by atoms with Crippen molar-refractivity contribution in [1.29, 1.82) is 0 Å². The lowest BCUT2D eigenvalue weighted by atomic mass is 10.1. The molecule has 0 heterocycles. The Bertz CT molecular complexity index is 608. The number of halogens is 3. The molecule has 0 saturated carbocycles. The first kappa shape index (κ1) is 13.1. The van der Waals surface area contributed by atoms with Crippen LogP contribution < -0.4 is 0 Å². The summed E-state index contributed by atoms with van der Waals surface area (Å²) in [7, 11) is 0. The van der Waals surface area contributed by atoms with Gasteiger partial charge in [0, 0.05) is 16.1 Å². The van der Waals surface area contributed by atoms with Crippen LogP contribution in [0.5, 0.6) is 0 Å². The van der Waals surface area contributed by atoms with Gasteiger partial charge in [0.2, 0.25) is 0 Å². The summed E-state index contributed by atoms with van der Waals surface area (Å²) < 4.78 is 0. The average Bonchev–Trinajstić information content (AvgIpc) is 2.26. The maximum absolute atomic E-state index is 10.7. The molecule has 0 saturated heterocycles. The molecular formula is C12H6Cl3NO2. The van der Waals surface area contributed by atoms with Gasteiger partial charge >= 0.3 is 0 Å². The van der Waals surface area contributed by atoms with E-state index >= 15 is 0 Å². The summed E-state index contributed by atoms with van der Waals surface area (Å²) >= 11 is 17.6. The number of nitrogens with zero attached hydrogens (tertiary/aromatic N) is 1. The molecule has 2 aromatic carbocycles. The minimum atomic E-state index is -0.531. The van der Waals surface area contributed by atoms with Crippen LogP contribution >= 0.6 is 34.8 Å². The molecule has 0 atom stereocenters. The van der Waals surface area contributed by atoms with Crippen LogP contribution in [0.4, 0.5) is 5.69 Å². The van der Waals surface area contributed by atoms with Gasteiger partial charge in [0.15, 0.2) is 0 Å². The van der Waals surface area contributed by atoms with Crippen LogP contribution in [0.25, 0.3) is 11.1 Å². The molecule has 18 heavy (non-hydrogen) atoms. The summed E-state index contributed by atoms with van der Waals surface area (Å²) in [6.07, 6.45) is 0. The summed E-state index contributed by atoms with van der Waals surface area (Å²) in [5, 5.41) is 11.7. The largest absolute Gasteiger partial charge is 0.287 e. The van der Waals surface area contributed by atoms with Crippen LogP contribution in [-0.4, -0.2) is 4.92 Å². The number of benzene rings is 2. The van der Waals surface area contributed by atoms with Crippen molar-refractivity contribution < 1.29 is 4.92 Å². The van der Waals surface area contributed by atoms with Gasteiger partial charge < -0.3 is 0 Å². The Morgan fingerprint density at radius 2 is 1.50 bits per heavy atom. The van der Waals surface area contributed by atoms with Gasteiger partial charge in [0.05, 0.1) is 4.92 Å². The average molecular weight is 303 g/mol. The molecule has 0 bridgehead atoms. The molecule has 2 aromatic rings. The molecule has 0 radical (unpaired) electrons. The molecule has 2 rings (SSSR count). The molecule has 0 amide bonds. The Morgan fingerprint density at radius 1 is 0.889 bits per heavy atom. The summed E-state index contributed by atoms with van der Waals surface area (Å²) in [5.41, 5.74) is 1.34. The fourth-order valence-corrected chi connectivity index (χ4v) is 2.33. The molecular weight excluding hydrogens is 296 g/mol. The quantitative estimate of drug-likeness (QED) is 0.563. The molecule has 0 N–H and O–H groups in total. The predicted molar refractivity (Wildman–Crippen MR) is 73.6 cm³/mol. The monoisotopic (exact) mass is 301 g/mol. The van der Waals surface area contributed by atoms with Gasteiger partial charge in [-0.3, -0.25) is 10.1 Å². The zero-order valence-corrected chi connectivity index (χ0v) is 11.1. The predicted octanol–water partition coefficient (Wildman–Crippen LogP) is 5.22. The second-order valence-corrected chi connectivity index (χ2v) is 4.86. The third-order valence-corrected chi connectivity index (χ3v) is 3.08. The molecule has 0 unspecified atom stereocenters. The molecule has 3 nitrogen and oxygen atoms in total. The zero-order valence-electron chi connectivity index (χ0n) is 8.86. The van der Waals surface area contributed by atoms with Crippen molar-refractivity contribution in [3.63, 3.8) is 0 Å². The van der Waals surface area contributed by atoms with Crippen molar-refractivity contribution in [1.82, 2.24) is 0 Å². The standard InChI is InChI=1S/C12H6Cl3NO2/c13-9-3-8(4-10(14)6-9)7-1-2-12(16(17)18)11(15)5-7/h1-6H. The van der Waals surface area contributed by atoms with E-state index < -0.39 is 4.92 Å². The maximum Gasteiger partial charge on any atom is 0.287 e. The number of nitro benzene ring substituents is 1. The highest BCUT2D eigenvalue weighted by atomic mass is 35.5. The first-order chi connectivity index (χ1) is 8.47. The van der Waals surface area contributed by atoms with Crippen LogP contribution in [0.2, 0.25) is 15.1 Å². The van der Waals surface area contributed by atoms with Crippen LogP contribution in [0.15, 0.2) is 36.4 Å². The first-order valence-electron chi connectivity index (χ1n) is 4.88. The van der Waals surface area contributed by atoms with Crippen molar-refractivity contribution in [2.45, 2.75) is 0 Å². The third-order valence-electron chi connectivity index (χ3n) is 2.34. The summed E-state index contributed by atoms with van der Waals surface area (Å²) in [5.74, 6) is 0. The second-order valence-electron chi connectivity index (χ2n) is 3.58. The Hall–Kier alpha value is -1.29. The number of hydrogen-bond acceptors (Lipinski definition) is 2. The van der Waals surface area contributed by atoms with Crippen molar-refractivity contribution in [3.8, 4) is 11.1 Å². The van der Waals surface area contributed by atoms with Crippen molar-refractivity contribution in [2.75, 3.05) is 0 Å². The summed E-state index contributed by atoms with van der Waals surface area (Å²) in [4.78, 5) is 10.1. The fraction of sp³-hybridized carbons (Fsp3) is 0. The van der Waals surface area contributed by atoms with E-state index in [9.17, 15) is 10.1 Å². The molecule has 0 aliphatic carbocycles. The summed E-state index contributed by atoms with van der Waals surface area (Å²) in [6, 6.07) is 9.51. The van der Waals surface area contributed by atoms with E-state index in [1.54, 1.807) is 24.3 Å². The minimum absolute atomic E-state index is 0.0774. The molecule has 0 spiro atoms. The van der Waals surface area contributed by atoms with Crippen LogP contribution in [0.1, 0.15) is 0 Å². The molecule has 0 aromatic heterocycles. The lowest BCUT2D eigenvalue weighted by molar-refractivity contribution is -0.384. The molecule has 6 heteroatoms. The minimum Gasteiger partial charge on any atom is -0.258 e. The van der Waals surface area contributed by atoms with Gasteiger partial charge in [-0.05, 0) is 41.5 Å². The molecule has 0 fully saturated rings. The highest BCUT2D eigenvalue weighted by molar-refractivity contribution is 6.35. The van der Waals surface area contributed by atoms with Crippen molar-refractivity contribution in [3.05, 3.63) is 61.6 Å². The van der Waals surface area contributed by atoms with E-state index in [0.717, 1.165) is 11.1 Å². The van der Waals surface area contributed by atoms with Crippen LogP contribution in [-0.2, 0) is 0 Å². The van der Waals surface area contributed by atoms with Crippen LogP contribution in [0.3, 0.4) is 0 Å². The van der Waals surface area contributed by atoms with Crippen molar-refractivity contribution in [2.24, 2.45) is 0 Å². The normalized spacial score (nSPS) is 10.4. The maximum atomic E-state index is 10.7. The van der Waals surface area contributed by atoms with E-state index in [1.165, 1.54) is 12.1 Å². The molecule has 0 aliphatic heterocycles. The highest BCUT2D eigenvalue weighted by Gasteiger charge is 2.13. The van der Waals surface area contributed by atoms with Gasteiger partial charge in [-0.15, -0.1) is 0 Å². The van der Waals surface area contributed by atoms with E-state index in [4.69, 9.17) is 34.8 Å². The van der Waals surface area contributed by atoms with E-state index in [2.05, 4.69) is 0 Å². The van der Waals surface area contributed by atoms with Crippen LogP contribution in [0, 0.1) is 10.1 Å².